The van der Waals surface area contributed by atoms with E-state index in [1.807, 2.05) is 11.8 Å². The Labute approximate surface area is 137 Å². The van der Waals surface area contributed by atoms with Crippen molar-refractivity contribution in [3.63, 3.8) is 0 Å². The Morgan fingerprint density at radius 1 is 1.39 bits per heavy atom. The number of nitrogens with zero attached hydrogens (tertiary/aromatic N) is 4. The Kier molecular flexibility index (Phi) is 5.27. The van der Waals surface area contributed by atoms with Gasteiger partial charge in [-0.1, -0.05) is 6.92 Å². The van der Waals surface area contributed by atoms with Crippen molar-refractivity contribution in [1.29, 1.82) is 0 Å². The van der Waals surface area contributed by atoms with Crippen molar-refractivity contribution in [3.05, 3.63) is 11.6 Å². The number of hydrogen-bond donors (Lipinski definition) is 0. The molecule has 3 heterocycles. The van der Waals surface area contributed by atoms with E-state index in [2.05, 4.69) is 21.7 Å². The SMILES string of the molecule is CCc1nnc2n1CCN(C(=O)[C@H](C)OC[C@@H]1CCCCO1)C2. The Morgan fingerprint density at radius 2 is 2.26 bits per heavy atom. The molecule has 1 fully saturated rings. The maximum absolute atomic E-state index is 12.6. The molecule has 0 aromatic carbocycles. The fraction of sp³-hybridized carbons (Fsp3) is 0.812. The van der Waals surface area contributed by atoms with Crippen LogP contribution in [0.2, 0.25) is 0 Å². The van der Waals surface area contributed by atoms with Crippen LogP contribution in [-0.2, 0) is 33.8 Å². The summed E-state index contributed by atoms with van der Waals surface area (Å²) in [5.41, 5.74) is 0. The predicted molar refractivity (Wildman–Crippen MR) is 83.8 cm³/mol. The van der Waals surface area contributed by atoms with E-state index in [1.54, 1.807) is 0 Å². The van der Waals surface area contributed by atoms with Gasteiger partial charge < -0.3 is 18.9 Å². The maximum Gasteiger partial charge on any atom is 0.251 e. The van der Waals surface area contributed by atoms with Crippen molar-refractivity contribution in [2.75, 3.05) is 19.8 Å². The lowest BCUT2D eigenvalue weighted by Gasteiger charge is -2.30. The highest BCUT2D eigenvalue weighted by Crippen LogP contribution is 2.16. The molecular weight excluding hydrogens is 296 g/mol. The minimum absolute atomic E-state index is 0.0214. The van der Waals surface area contributed by atoms with Crippen molar-refractivity contribution < 1.29 is 14.3 Å². The van der Waals surface area contributed by atoms with Gasteiger partial charge in [-0.2, -0.15) is 0 Å². The normalized spacial score (nSPS) is 22.7. The number of aromatic nitrogens is 3. The lowest BCUT2D eigenvalue weighted by molar-refractivity contribution is -0.147. The number of ether oxygens (including phenoxy) is 2. The highest BCUT2D eigenvalue weighted by atomic mass is 16.5. The van der Waals surface area contributed by atoms with Crippen LogP contribution in [0.5, 0.6) is 0 Å². The average molecular weight is 322 g/mol. The summed E-state index contributed by atoms with van der Waals surface area (Å²) in [4.78, 5) is 14.4. The van der Waals surface area contributed by atoms with Gasteiger partial charge >= 0.3 is 0 Å². The topological polar surface area (TPSA) is 69.5 Å². The third kappa shape index (κ3) is 3.72. The van der Waals surface area contributed by atoms with Crippen molar-refractivity contribution in [3.8, 4) is 0 Å². The van der Waals surface area contributed by atoms with Crippen LogP contribution in [0.25, 0.3) is 0 Å². The molecule has 1 aromatic rings. The van der Waals surface area contributed by atoms with Crippen LogP contribution in [0.15, 0.2) is 0 Å². The predicted octanol–water partition coefficient (Wildman–Crippen LogP) is 1.16. The van der Waals surface area contributed by atoms with Crippen LogP contribution < -0.4 is 0 Å². The van der Waals surface area contributed by atoms with Gasteiger partial charge in [-0.05, 0) is 26.2 Å². The highest BCUT2D eigenvalue weighted by molar-refractivity contribution is 5.80. The van der Waals surface area contributed by atoms with E-state index in [-0.39, 0.29) is 12.0 Å². The molecule has 0 unspecified atom stereocenters. The lowest BCUT2D eigenvalue weighted by atomic mass is 10.1. The smallest absolute Gasteiger partial charge is 0.251 e. The maximum atomic E-state index is 12.6. The molecule has 7 heteroatoms. The summed E-state index contributed by atoms with van der Waals surface area (Å²) in [5.74, 6) is 1.88. The zero-order valence-electron chi connectivity index (χ0n) is 14.0. The summed E-state index contributed by atoms with van der Waals surface area (Å²) in [5, 5.41) is 8.38. The van der Waals surface area contributed by atoms with Crippen molar-refractivity contribution in [1.82, 2.24) is 19.7 Å². The van der Waals surface area contributed by atoms with Gasteiger partial charge in [-0.3, -0.25) is 4.79 Å². The van der Waals surface area contributed by atoms with E-state index in [4.69, 9.17) is 9.47 Å². The molecule has 1 amide bonds. The monoisotopic (exact) mass is 322 g/mol. The van der Waals surface area contributed by atoms with E-state index in [0.717, 1.165) is 44.1 Å². The first-order valence-corrected chi connectivity index (χ1v) is 8.62. The second-order valence-corrected chi connectivity index (χ2v) is 6.26. The van der Waals surface area contributed by atoms with E-state index in [1.165, 1.54) is 6.42 Å². The lowest BCUT2D eigenvalue weighted by Crippen LogP contribution is -2.44. The molecule has 1 aromatic heterocycles. The first-order valence-electron chi connectivity index (χ1n) is 8.62. The summed E-state index contributed by atoms with van der Waals surface area (Å²) in [7, 11) is 0. The van der Waals surface area contributed by atoms with Crippen molar-refractivity contribution in [2.24, 2.45) is 0 Å². The molecule has 2 aliphatic heterocycles. The second kappa shape index (κ2) is 7.40. The minimum Gasteiger partial charge on any atom is -0.376 e. The molecule has 0 aliphatic carbocycles. The third-order valence-corrected chi connectivity index (χ3v) is 4.61. The van der Waals surface area contributed by atoms with Gasteiger partial charge in [0.15, 0.2) is 5.82 Å². The molecule has 2 aliphatic rings. The third-order valence-electron chi connectivity index (χ3n) is 4.61. The second-order valence-electron chi connectivity index (χ2n) is 6.26. The summed E-state index contributed by atoms with van der Waals surface area (Å²) in [6, 6.07) is 0. The zero-order chi connectivity index (χ0) is 16.2. The number of amides is 1. The van der Waals surface area contributed by atoms with Crippen LogP contribution >= 0.6 is 0 Å². The van der Waals surface area contributed by atoms with Crippen molar-refractivity contribution in [2.45, 2.75) is 64.8 Å². The number of hydrogen-bond acceptors (Lipinski definition) is 5. The molecule has 0 radical (unpaired) electrons. The largest absolute Gasteiger partial charge is 0.376 e. The molecule has 0 spiro atoms. The average Bonchev–Trinajstić information content (AvgIpc) is 3.02. The summed E-state index contributed by atoms with van der Waals surface area (Å²) in [6.45, 7) is 7.15. The van der Waals surface area contributed by atoms with Gasteiger partial charge in [0.2, 0.25) is 0 Å². The molecule has 0 N–H and O–H groups in total. The van der Waals surface area contributed by atoms with E-state index < -0.39 is 6.10 Å². The van der Waals surface area contributed by atoms with Gasteiger partial charge in [0, 0.05) is 26.1 Å². The van der Waals surface area contributed by atoms with Gasteiger partial charge in [-0.15, -0.1) is 10.2 Å². The van der Waals surface area contributed by atoms with E-state index >= 15 is 0 Å². The van der Waals surface area contributed by atoms with Gasteiger partial charge in [-0.25, -0.2) is 0 Å². The molecule has 23 heavy (non-hydrogen) atoms. The van der Waals surface area contributed by atoms with Gasteiger partial charge in [0.1, 0.15) is 11.9 Å². The molecule has 0 saturated carbocycles. The highest BCUT2D eigenvalue weighted by Gasteiger charge is 2.28. The number of rotatable bonds is 5. The Hall–Kier alpha value is -1.47. The van der Waals surface area contributed by atoms with Crippen LogP contribution in [0.3, 0.4) is 0 Å². The van der Waals surface area contributed by atoms with Crippen LogP contribution in [0, 0.1) is 0 Å². The Bertz CT molecular complexity index is 539. The minimum atomic E-state index is -0.444. The van der Waals surface area contributed by atoms with E-state index in [0.29, 0.717) is 19.7 Å². The fourth-order valence-electron chi connectivity index (χ4n) is 3.19. The number of fused-ring (bicyclic) bond motifs is 1. The van der Waals surface area contributed by atoms with Crippen LogP contribution in [-0.4, -0.2) is 57.5 Å². The molecule has 0 bridgehead atoms. The molecule has 128 valence electrons. The van der Waals surface area contributed by atoms with Gasteiger partial charge in [0.05, 0.1) is 19.3 Å². The summed E-state index contributed by atoms with van der Waals surface area (Å²) in [6.07, 6.45) is 3.88. The standard InChI is InChI=1S/C16H26N4O3/c1-3-14-17-18-15-10-19(7-8-20(14)15)16(21)12(2)23-11-13-6-4-5-9-22-13/h12-13H,3-11H2,1-2H3/t12-,13-/m0/s1. The molecule has 7 nitrogen and oxygen atoms in total. The summed E-state index contributed by atoms with van der Waals surface area (Å²) < 4.78 is 13.5. The molecule has 1 saturated heterocycles. The van der Waals surface area contributed by atoms with Crippen LogP contribution in [0.1, 0.15) is 44.8 Å². The van der Waals surface area contributed by atoms with Gasteiger partial charge in [0.25, 0.3) is 5.91 Å². The summed E-state index contributed by atoms with van der Waals surface area (Å²) >= 11 is 0. The molecule has 3 rings (SSSR count). The first kappa shape index (κ1) is 16.4. The Morgan fingerprint density at radius 3 is 3.00 bits per heavy atom. The number of carbonyl (C=O) groups excluding carboxylic acids is 1. The molecule has 2 atom stereocenters. The first-order chi connectivity index (χ1) is 11.2. The van der Waals surface area contributed by atoms with Crippen LogP contribution in [0.4, 0.5) is 0 Å². The number of aryl methyl sites for hydroxylation is 1. The number of carbonyl (C=O) groups is 1. The Balaban J connectivity index is 1.51. The van der Waals surface area contributed by atoms with E-state index in [9.17, 15) is 4.79 Å². The van der Waals surface area contributed by atoms with Crippen molar-refractivity contribution >= 4 is 5.91 Å². The quantitative estimate of drug-likeness (QED) is 0.813. The fourth-order valence-corrected chi connectivity index (χ4v) is 3.19. The zero-order valence-corrected chi connectivity index (χ0v) is 14.0. The molecular formula is C16H26N4O3.